The lowest BCUT2D eigenvalue weighted by Gasteiger charge is -2.26. The molecule has 0 aliphatic carbocycles. The summed E-state index contributed by atoms with van der Waals surface area (Å²) in [5.41, 5.74) is 0.255. The zero-order chi connectivity index (χ0) is 21.2. The van der Waals surface area contributed by atoms with Gasteiger partial charge in [-0.2, -0.15) is 0 Å². The molecule has 0 N–H and O–H groups in total. The Kier molecular flexibility index (Phi) is 6.07. The summed E-state index contributed by atoms with van der Waals surface area (Å²) < 4.78 is 5.43. The molecule has 2 aromatic rings. The van der Waals surface area contributed by atoms with Gasteiger partial charge in [-0.05, 0) is 37.1 Å². The molecule has 1 saturated heterocycles. The third-order valence-electron chi connectivity index (χ3n) is 4.69. The maximum Gasteiger partial charge on any atom is 0.364 e. The van der Waals surface area contributed by atoms with Crippen LogP contribution >= 0.6 is 11.6 Å². The number of carbonyl (C=O) groups excluding carboxylic acids is 2. The molecule has 0 atom stereocenters. The van der Waals surface area contributed by atoms with Crippen LogP contribution < -0.4 is 14.5 Å². The molecule has 29 heavy (non-hydrogen) atoms. The highest BCUT2D eigenvalue weighted by Crippen LogP contribution is 2.25. The summed E-state index contributed by atoms with van der Waals surface area (Å²) in [6.07, 6.45) is 3.57. The Balaban J connectivity index is 1.73. The Morgan fingerprint density at radius 3 is 2.34 bits per heavy atom. The molecule has 0 bridgehead atoms. The molecule has 0 spiro atoms. The molecule has 0 radical (unpaired) electrons. The van der Waals surface area contributed by atoms with Gasteiger partial charge in [0.2, 0.25) is 11.9 Å². The van der Waals surface area contributed by atoms with E-state index in [0.29, 0.717) is 17.4 Å². The molecule has 1 fully saturated rings. The molecule has 1 aliphatic rings. The highest BCUT2D eigenvalue weighted by molar-refractivity contribution is 6.33. The number of aromatic nitrogens is 2. The molecule has 2 heterocycles. The van der Waals surface area contributed by atoms with E-state index in [1.54, 1.807) is 36.2 Å². The SMILES string of the molecule is CN(C(=O)C(C)(C)C)c1ccc(OC(=O)c2nc(N3CCCC3)ncc2Cl)cc1. The van der Waals surface area contributed by atoms with Crippen molar-refractivity contribution in [2.45, 2.75) is 33.6 Å². The minimum absolute atomic E-state index is 0.00976. The van der Waals surface area contributed by atoms with Gasteiger partial charge in [0.05, 0.1) is 11.2 Å². The van der Waals surface area contributed by atoms with Gasteiger partial charge >= 0.3 is 5.97 Å². The molecule has 0 unspecified atom stereocenters. The number of esters is 1. The van der Waals surface area contributed by atoms with Gasteiger partial charge in [0.25, 0.3) is 0 Å². The molecule has 154 valence electrons. The van der Waals surface area contributed by atoms with Gasteiger partial charge in [-0.25, -0.2) is 14.8 Å². The second-order valence-corrected chi connectivity index (χ2v) is 8.47. The maximum atomic E-state index is 12.6. The minimum Gasteiger partial charge on any atom is -0.422 e. The monoisotopic (exact) mass is 416 g/mol. The number of hydrogen-bond donors (Lipinski definition) is 0. The quantitative estimate of drug-likeness (QED) is 0.554. The summed E-state index contributed by atoms with van der Waals surface area (Å²) in [7, 11) is 1.72. The molecule has 8 heteroatoms. The average molecular weight is 417 g/mol. The van der Waals surface area contributed by atoms with Crippen molar-refractivity contribution in [2.75, 3.05) is 29.9 Å². The van der Waals surface area contributed by atoms with Crippen LogP contribution in [0.15, 0.2) is 30.5 Å². The van der Waals surface area contributed by atoms with Gasteiger partial charge in [0.1, 0.15) is 5.75 Å². The Morgan fingerprint density at radius 2 is 1.76 bits per heavy atom. The van der Waals surface area contributed by atoms with Gasteiger partial charge < -0.3 is 14.5 Å². The van der Waals surface area contributed by atoms with E-state index >= 15 is 0 Å². The van der Waals surface area contributed by atoms with Crippen LogP contribution in [-0.2, 0) is 4.79 Å². The molecular formula is C21H25ClN4O3. The molecule has 0 saturated carbocycles. The number of halogens is 1. The van der Waals surface area contributed by atoms with Gasteiger partial charge in [-0.1, -0.05) is 32.4 Å². The summed E-state index contributed by atoms with van der Waals surface area (Å²) in [4.78, 5) is 37.1. The number of ether oxygens (including phenoxy) is 1. The van der Waals surface area contributed by atoms with E-state index in [-0.39, 0.29) is 16.6 Å². The molecular weight excluding hydrogens is 392 g/mol. The lowest BCUT2D eigenvalue weighted by atomic mass is 9.95. The van der Waals surface area contributed by atoms with Crippen LogP contribution in [-0.4, -0.2) is 42.0 Å². The smallest absolute Gasteiger partial charge is 0.364 e. The van der Waals surface area contributed by atoms with E-state index in [4.69, 9.17) is 16.3 Å². The molecule has 1 aromatic heterocycles. The lowest BCUT2D eigenvalue weighted by Crippen LogP contribution is -2.36. The second-order valence-electron chi connectivity index (χ2n) is 8.06. The van der Waals surface area contributed by atoms with E-state index < -0.39 is 11.4 Å². The van der Waals surface area contributed by atoms with Crippen molar-refractivity contribution in [3.05, 3.63) is 41.2 Å². The Hall–Kier alpha value is -2.67. The summed E-state index contributed by atoms with van der Waals surface area (Å²) in [6.45, 7) is 7.31. The fourth-order valence-corrected chi connectivity index (χ4v) is 3.25. The van der Waals surface area contributed by atoms with Crippen LogP contribution in [0.3, 0.4) is 0 Å². The predicted octanol–water partition coefficient (Wildman–Crippen LogP) is 3.96. The molecule has 1 amide bonds. The number of anilines is 2. The van der Waals surface area contributed by atoms with E-state index in [9.17, 15) is 9.59 Å². The first kappa shape index (κ1) is 21.0. The number of benzene rings is 1. The Labute approximate surface area is 175 Å². The van der Waals surface area contributed by atoms with Crippen molar-refractivity contribution in [1.29, 1.82) is 0 Å². The molecule has 1 aromatic carbocycles. The number of rotatable bonds is 4. The highest BCUT2D eigenvalue weighted by atomic mass is 35.5. The first-order valence-electron chi connectivity index (χ1n) is 9.55. The van der Waals surface area contributed by atoms with Crippen LogP contribution in [0.1, 0.15) is 44.1 Å². The summed E-state index contributed by atoms with van der Waals surface area (Å²) >= 11 is 6.12. The Morgan fingerprint density at radius 1 is 1.14 bits per heavy atom. The molecule has 1 aliphatic heterocycles. The van der Waals surface area contributed by atoms with E-state index in [2.05, 4.69) is 9.97 Å². The van der Waals surface area contributed by atoms with Crippen LogP contribution in [0.25, 0.3) is 0 Å². The zero-order valence-corrected chi connectivity index (χ0v) is 17.9. The van der Waals surface area contributed by atoms with Crippen LogP contribution in [0.5, 0.6) is 5.75 Å². The standard InChI is InChI=1S/C21H25ClN4O3/c1-21(2,3)19(28)25(4)14-7-9-15(10-8-14)29-18(27)17-16(22)13-23-20(24-17)26-11-5-6-12-26/h7-10,13H,5-6,11-12H2,1-4H3. The second kappa shape index (κ2) is 8.37. The fraction of sp³-hybridized carbons (Fsp3) is 0.429. The van der Waals surface area contributed by atoms with Crippen molar-refractivity contribution in [3.63, 3.8) is 0 Å². The minimum atomic E-state index is -0.648. The van der Waals surface area contributed by atoms with Crippen LogP contribution in [0, 0.1) is 5.41 Å². The van der Waals surface area contributed by atoms with Crippen LogP contribution in [0.4, 0.5) is 11.6 Å². The zero-order valence-electron chi connectivity index (χ0n) is 17.1. The van der Waals surface area contributed by atoms with Crippen molar-refractivity contribution < 1.29 is 14.3 Å². The number of hydrogen-bond acceptors (Lipinski definition) is 6. The first-order chi connectivity index (χ1) is 13.7. The highest BCUT2D eigenvalue weighted by Gasteiger charge is 2.26. The third kappa shape index (κ3) is 4.85. The van der Waals surface area contributed by atoms with E-state index in [0.717, 1.165) is 25.9 Å². The summed E-state index contributed by atoms with van der Waals surface area (Å²) in [6, 6.07) is 6.72. The lowest BCUT2D eigenvalue weighted by molar-refractivity contribution is -0.125. The number of amides is 1. The van der Waals surface area contributed by atoms with Gasteiger partial charge in [0.15, 0.2) is 5.69 Å². The average Bonchev–Trinajstić information content (AvgIpc) is 3.22. The van der Waals surface area contributed by atoms with E-state index in [1.165, 1.54) is 6.20 Å². The summed E-state index contributed by atoms with van der Waals surface area (Å²) in [5.74, 6) is 0.165. The predicted molar refractivity (Wildman–Crippen MR) is 113 cm³/mol. The third-order valence-corrected chi connectivity index (χ3v) is 4.97. The fourth-order valence-electron chi connectivity index (χ4n) is 3.08. The van der Waals surface area contributed by atoms with Crippen molar-refractivity contribution in [1.82, 2.24) is 9.97 Å². The molecule has 3 rings (SSSR count). The van der Waals surface area contributed by atoms with E-state index in [1.807, 2.05) is 25.7 Å². The maximum absolute atomic E-state index is 12.6. The summed E-state index contributed by atoms with van der Waals surface area (Å²) in [5, 5.41) is 0.144. The Bertz CT molecular complexity index is 903. The van der Waals surface area contributed by atoms with Gasteiger partial charge in [-0.3, -0.25) is 4.79 Å². The topological polar surface area (TPSA) is 75.6 Å². The first-order valence-corrected chi connectivity index (χ1v) is 9.92. The van der Waals surface area contributed by atoms with Crippen molar-refractivity contribution in [3.8, 4) is 5.75 Å². The van der Waals surface area contributed by atoms with Gasteiger partial charge in [0, 0.05) is 31.2 Å². The van der Waals surface area contributed by atoms with Crippen molar-refractivity contribution in [2.24, 2.45) is 5.41 Å². The number of carbonyl (C=O) groups is 2. The van der Waals surface area contributed by atoms with Crippen molar-refractivity contribution >= 4 is 35.1 Å². The molecule has 7 nitrogen and oxygen atoms in total. The largest absolute Gasteiger partial charge is 0.422 e. The normalized spacial score (nSPS) is 14.0. The van der Waals surface area contributed by atoms with Gasteiger partial charge in [-0.15, -0.1) is 0 Å². The van der Waals surface area contributed by atoms with Crippen LogP contribution in [0.2, 0.25) is 5.02 Å². The number of nitrogens with zero attached hydrogens (tertiary/aromatic N) is 4.